The van der Waals surface area contributed by atoms with Crippen LogP contribution in [0.15, 0.2) is 35.7 Å². The van der Waals surface area contributed by atoms with Crippen LogP contribution in [0.4, 0.5) is 4.39 Å². The van der Waals surface area contributed by atoms with E-state index in [-0.39, 0.29) is 30.1 Å². The van der Waals surface area contributed by atoms with Crippen molar-refractivity contribution < 1.29 is 14.0 Å². The number of hydrogen-bond donors (Lipinski definition) is 0. The molecule has 3 rings (SSSR count). The van der Waals surface area contributed by atoms with Gasteiger partial charge in [-0.25, -0.2) is 4.39 Å². The number of nitrogens with zero attached hydrogens (tertiary/aromatic N) is 2. The Kier molecular flexibility index (Phi) is 7.06. The summed E-state index contributed by atoms with van der Waals surface area (Å²) in [5.41, 5.74) is 2.03. The maximum Gasteiger partial charge on any atom is 0.242 e. The first-order chi connectivity index (χ1) is 13.8. The van der Waals surface area contributed by atoms with Crippen molar-refractivity contribution in [3.05, 3.63) is 57.5 Å². The Bertz CT molecular complexity index is 843. The summed E-state index contributed by atoms with van der Waals surface area (Å²) in [5, 5.41) is 2.02. The highest BCUT2D eigenvalue weighted by Gasteiger charge is 2.35. The molecule has 0 bridgehead atoms. The molecule has 6 heteroatoms. The van der Waals surface area contributed by atoms with Crippen LogP contribution in [0, 0.1) is 24.6 Å². The fourth-order valence-electron chi connectivity index (χ4n) is 3.31. The summed E-state index contributed by atoms with van der Waals surface area (Å²) in [6.45, 7) is 7.72. The van der Waals surface area contributed by atoms with E-state index in [1.165, 1.54) is 12.1 Å². The summed E-state index contributed by atoms with van der Waals surface area (Å²) < 4.78 is 13.3. The highest BCUT2D eigenvalue weighted by atomic mass is 32.1. The van der Waals surface area contributed by atoms with Crippen LogP contribution in [0.25, 0.3) is 0 Å². The maximum atomic E-state index is 13.3. The predicted octanol–water partition coefficient (Wildman–Crippen LogP) is 4.62. The van der Waals surface area contributed by atoms with Crippen molar-refractivity contribution in [3.8, 4) is 0 Å². The molecule has 156 valence electrons. The molecule has 2 aromatic rings. The fraction of sp³-hybridized carbons (Fsp3) is 0.478. The second-order valence-electron chi connectivity index (χ2n) is 8.29. The van der Waals surface area contributed by atoms with Crippen LogP contribution < -0.4 is 0 Å². The number of thiophene rings is 1. The van der Waals surface area contributed by atoms with Crippen molar-refractivity contribution >= 4 is 23.2 Å². The molecule has 0 saturated heterocycles. The average molecular weight is 417 g/mol. The highest BCUT2D eigenvalue weighted by Crippen LogP contribution is 2.31. The van der Waals surface area contributed by atoms with Gasteiger partial charge in [0.1, 0.15) is 5.82 Å². The number of benzene rings is 1. The van der Waals surface area contributed by atoms with Crippen molar-refractivity contribution in [1.82, 2.24) is 9.80 Å². The molecular weight excluding hydrogens is 387 g/mol. The molecule has 1 aromatic carbocycles. The largest absolute Gasteiger partial charge is 0.333 e. The second kappa shape index (κ2) is 9.53. The number of rotatable bonds is 9. The summed E-state index contributed by atoms with van der Waals surface area (Å²) in [6, 6.07) is 8.28. The summed E-state index contributed by atoms with van der Waals surface area (Å²) in [6.07, 6.45) is 1.85. The Morgan fingerprint density at radius 2 is 1.79 bits per heavy atom. The van der Waals surface area contributed by atoms with Gasteiger partial charge in [0.2, 0.25) is 11.8 Å². The van der Waals surface area contributed by atoms with Crippen LogP contribution in [-0.2, 0) is 22.7 Å². The number of carbonyl (C=O) groups is 2. The van der Waals surface area contributed by atoms with E-state index in [4.69, 9.17) is 0 Å². The minimum Gasteiger partial charge on any atom is -0.333 e. The third kappa shape index (κ3) is 6.13. The molecule has 1 heterocycles. The number of amides is 2. The summed E-state index contributed by atoms with van der Waals surface area (Å²) >= 11 is 1.62. The topological polar surface area (TPSA) is 40.6 Å². The number of hydrogen-bond acceptors (Lipinski definition) is 3. The van der Waals surface area contributed by atoms with E-state index in [9.17, 15) is 14.0 Å². The molecule has 2 amide bonds. The molecule has 29 heavy (non-hydrogen) atoms. The fourth-order valence-corrected chi connectivity index (χ4v) is 4.23. The lowest BCUT2D eigenvalue weighted by Gasteiger charge is -2.29. The van der Waals surface area contributed by atoms with Gasteiger partial charge in [0, 0.05) is 23.9 Å². The van der Waals surface area contributed by atoms with Crippen molar-refractivity contribution in [2.75, 3.05) is 13.1 Å². The van der Waals surface area contributed by atoms with Gasteiger partial charge in [-0.15, -0.1) is 11.3 Å². The van der Waals surface area contributed by atoms with Gasteiger partial charge in [-0.3, -0.25) is 9.59 Å². The van der Waals surface area contributed by atoms with Crippen molar-refractivity contribution in [1.29, 1.82) is 0 Å². The van der Waals surface area contributed by atoms with E-state index in [1.54, 1.807) is 33.3 Å². The Labute approximate surface area is 176 Å². The standard InChI is InChI=1S/C23H29FN2O2S/c1-16(2)12-26(23(28)19-6-7-19)15-22(27)25(14-21-17(3)10-11-29-21)13-18-4-8-20(24)9-5-18/h4-5,8-11,16,19H,6-7,12-15H2,1-3H3. The zero-order chi connectivity index (χ0) is 21.0. The number of carbonyl (C=O) groups excluding carboxylic acids is 2. The summed E-state index contributed by atoms with van der Waals surface area (Å²) in [5.74, 6) is 0.124. The maximum absolute atomic E-state index is 13.3. The average Bonchev–Trinajstić information content (AvgIpc) is 3.44. The molecule has 0 unspecified atom stereocenters. The lowest BCUT2D eigenvalue weighted by molar-refractivity contribution is -0.142. The van der Waals surface area contributed by atoms with E-state index in [1.807, 2.05) is 18.4 Å². The van der Waals surface area contributed by atoms with Crippen molar-refractivity contribution in [3.63, 3.8) is 0 Å². The summed E-state index contributed by atoms with van der Waals surface area (Å²) in [7, 11) is 0. The molecule has 1 saturated carbocycles. The monoisotopic (exact) mass is 416 g/mol. The van der Waals surface area contributed by atoms with E-state index < -0.39 is 0 Å². The SMILES string of the molecule is Cc1ccsc1CN(Cc1ccc(F)cc1)C(=O)CN(CC(C)C)C(=O)C1CC1. The van der Waals surface area contributed by atoms with Crippen molar-refractivity contribution in [2.24, 2.45) is 11.8 Å². The predicted molar refractivity (Wildman–Crippen MR) is 114 cm³/mol. The van der Waals surface area contributed by atoms with E-state index in [2.05, 4.69) is 13.8 Å². The molecule has 0 radical (unpaired) electrons. The molecular formula is C23H29FN2O2S. The van der Waals surface area contributed by atoms with Gasteiger partial charge < -0.3 is 9.80 Å². The molecule has 1 aliphatic rings. The molecule has 4 nitrogen and oxygen atoms in total. The van der Waals surface area contributed by atoms with Crippen LogP contribution in [0.5, 0.6) is 0 Å². The van der Waals surface area contributed by atoms with Crippen LogP contribution >= 0.6 is 11.3 Å². The Hall–Kier alpha value is -2.21. The van der Waals surface area contributed by atoms with Gasteiger partial charge in [-0.05, 0) is 60.4 Å². The molecule has 1 fully saturated rings. The third-order valence-corrected chi connectivity index (χ3v) is 6.10. The zero-order valence-corrected chi connectivity index (χ0v) is 18.2. The molecule has 0 spiro atoms. The normalized spacial score (nSPS) is 13.6. The minimum atomic E-state index is -0.293. The first-order valence-corrected chi connectivity index (χ1v) is 11.1. The van der Waals surface area contributed by atoms with E-state index in [0.29, 0.717) is 25.6 Å². The molecule has 0 atom stereocenters. The van der Waals surface area contributed by atoms with E-state index >= 15 is 0 Å². The van der Waals surface area contributed by atoms with Crippen LogP contribution in [-0.4, -0.2) is 34.7 Å². The Morgan fingerprint density at radius 1 is 1.10 bits per heavy atom. The lowest BCUT2D eigenvalue weighted by Crippen LogP contribution is -2.44. The highest BCUT2D eigenvalue weighted by molar-refractivity contribution is 7.10. The van der Waals surface area contributed by atoms with Gasteiger partial charge in [0.25, 0.3) is 0 Å². The van der Waals surface area contributed by atoms with Crippen molar-refractivity contribution in [2.45, 2.75) is 46.7 Å². The van der Waals surface area contributed by atoms with Gasteiger partial charge >= 0.3 is 0 Å². The minimum absolute atomic E-state index is 0.0724. The van der Waals surface area contributed by atoms with E-state index in [0.717, 1.165) is 28.8 Å². The molecule has 1 aliphatic carbocycles. The van der Waals surface area contributed by atoms with Crippen LogP contribution in [0.2, 0.25) is 0 Å². The third-order valence-electron chi connectivity index (χ3n) is 5.09. The smallest absolute Gasteiger partial charge is 0.242 e. The second-order valence-corrected chi connectivity index (χ2v) is 9.29. The first kappa shape index (κ1) is 21.5. The van der Waals surface area contributed by atoms with Crippen LogP contribution in [0.3, 0.4) is 0 Å². The Morgan fingerprint density at radius 3 is 2.34 bits per heavy atom. The Balaban J connectivity index is 1.76. The summed E-state index contributed by atoms with van der Waals surface area (Å²) in [4.78, 5) is 30.6. The van der Waals surface area contributed by atoms with Gasteiger partial charge in [0.15, 0.2) is 0 Å². The lowest BCUT2D eigenvalue weighted by atomic mass is 10.1. The van der Waals surface area contributed by atoms with Gasteiger partial charge in [-0.1, -0.05) is 26.0 Å². The van der Waals surface area contributed by atoms with Crippen LogP contribution in [0.1, 0.15) is 42.7 Å². The number of aryl methyl sites for hydroxylation is 1. The quantitative estimate of drug-likeness (QED) is 0.598. The zero-order valence-electron chi connectivity index (χ0n) is 17.4. The molecule has 1 aromatic heterocycles. The molecule has 0 aliphatic heterocycles. The molecule has 0 N–H and O–H groups in total. The first-order valence-electron chi connectivity index (χ1n) is 10.2. The van der Waals surface area contributed by atoms with Gasteiger partial charge in [0.05, 0.1) is 13.1 Å². The van der Waals surface area contributed by atoms with Gasteiger partial charge in [-0.2, -0.15) is 0 Å². The number of halogens is 1.